The van der Waals surface area contributed by atoms with E-state index in [2.05, 4.69) is 15.9 Å². The van der Waals surface area contributed by atoms with Gasteiger partial charge in [0.1, 0.15) is 0 Å². The van der Waals surface area contributed by atoms with Crippen LogP contribution in [0.25, 0.3) is 0 Å². The van der Waals surface area contributed by atoms with Gasteiger partial charge in [-0.3, -0.25) is 0 Å². The number of rotatable bonds is 4. The van der Waals surface area contributed by atoms with E-state index < -0.39 is 0 Å². The van der Waals surface area contributed by atoms with Gasteiger partial charge in [0.05, 0.1) is 6.61 Å². The highest BCUT2D eigenvalue weighted by Crippen LogP contribution is 2.17. The number of nitrogens with one attached hydrogen (secondary N) is 1. The summed E-state index contributed by atoms with van der Waals surface area (Å²) in [6, 6.07) is 7.03. The molecule has 64 valence electrons. The van der Waals surface area contributed by atoms with E-state index in [1.807, 2.05) is 11.2 Å². The Morgan fingerprint density at radius 1 is 1.42 bits per heavy atom. The lowest BCUT2D eigenvalue weighted by atomic mass is 10.3. The zero-order valence-electron chi connectivity index (χ0n) is 6.42. The number of nitroso groups, excluding NO2 is 1. The molecule has 0 aliphatic carbocycles. The fourth-order valence-corrected chi connectivity index (χ4v) is 0.987. The smallest absolute Gasteiger partial charge is 0.294 e. The van der Waals surface area contributed by atoms with Crippen LogP contribution in [0.2, 0.25) is 0 Å². The molecule has 0 atom stereocenters. The SMILES string of the molecule is O=[NH+]c1ccccc1OCCBr. The number of halogens is 1. The molecule has 0 amide bonds. The van der Waals surface area contributed by atoms with Crippen molar-refractivity contribution in [1.82, 2.24) is 0 Å². The molecular formula is C8H9BrNO2+. The van der Waals surface area contributed by atoms with Crippen molar-refractivity contribution >= 4 is 21.6 Å². The van der Waals surface area contributed by atoms with Crippen LogP contribution in [0.3, 0.4) is 0 Å². The van der Waals surface area contributed by atoms with Crippen LogP contribution >= 0.6 is 15.9 Å². The summed E-state index contributed by atoms with van der Waals surface area (Å²) in [5, 5.41) is 2.56. The van der Waals surface area contributed by atoms with Gasteiger partial charge in [-0.05, 0) is 6.07 Å². The van der Waals surface area contributed by atoms with Crippen molar-refractivity contribution in [1.29, 1.82) is 0 Å². The number of hydrogen-bond donors (Lipinski definition) is 1. The molecule has 0 fully saturated rings. The summed E-state index contributed by atoms with van der Waals surface area (Å²) in [7, 11) is 0. The number of para-hydroxylation sites is 2. The third kappa shape index (κ3) is 2.30. The molecule has 0 aromatic heterocycles. The van der Waals surface area contributed by atoms with E-state index in [4.69, 9.17) is 4.74 Å². The lowest BCUT2D eigenvalue weighted by Crippen LogP contribution is -2.55. The molecule has 4 heteroatoms. The van der Waals surface area contributed by atoms with E-state index in [0.717, 1.165) is 5.33 Å². The maximum Gasteiger partial charge on any atom is 0.294 e. The van der Waals surface area contributed by atoms with Crippen molar-refractivity contribution in [3.8, 4) is 5.75 Å². The molecule has 0 saturated carbocycles. The summed E-state index contributed by atoms with van der Waals surface area (Å²) in [5.74, 6) is 0.590. The molecule has 0 bridgehead atoms. The Labute approximate surface area is 78.8 Å². The summed E-state index contributed by atoms with van der Waals surface area (Å²) < 4.78 is 5.27. The van der Waals surface area contributed by atoms with Crippen molar-refractivity contribution in [2.45, 2.75) is 0 Å². The minimum Gasteiger partial charge on any atom is -0.486 e. The van der Waals surface area contributed by atoms with Crippen molar-refractivity contribution in [2.75, 3.05) is 11.9 Å². The Hall–Kier alpha value is -0.900. The Morgan fingerprint density at radius 3 is 2.83 bits per heavy atom. The van der Waals surface area contributed by atoms with E-state index in [9.17, 15) is 4.91 Å². The highest BCUT2D eigenvalue weighted by molar-refractivity contribution is 9.09. The summed E-state index contributed by atoms with van der Waals surface area (Å²) in [6.45, 7) is 0.554. The zero-order chi connectivity index (χ0) is 8.81. The van der Waals surface area contributed by atoms with Gasteiger partial charge < -0.3 is 4.74 Å². The quantitative estimate of drug-likeness (QED) is 0.783. The summed E-state index contributed by atoms with van der Waals surface area (Å²) in [6.07, 6.45) is 0. The lowest BCUT2D eigenvalue weighted by molar-refractivity contribution is -0.380. The molecule has 1 aromatic rings. The van der Waals surface area contributed by atoms with Crippen LogP contribution in [-0.4, -0.2) is 11.9 Å². The van der Waals surface area contributed by atoms with Crippen LogP contribution in [0.5, 0.6) is 5.75 Å². The van der Waals surface area contributed by atoms with Gasteiger partial charge in [0.25, 0.3) is 5.69 Å². The maximum atomic E-state index is 10.4. The van der Waals surface area contributed by atoms with E-state index >= 15 is 0 Å². The maximum absolute atomic E-state index is 10.4. The number of ether oxygens (including phenoxy) is 1. The molecule has 0 radical (unpaired) electrons. The minimum absolute atomic E-state index is 0.471. The monoisotopic (exact) mass is 230 g/mol. The van der Waals surface area contributed by atoms with Crippen LogP contribution in [0, 0.1) is 4.91 Å². The molecular weight excluding hydrogens is 222 g/mol. The molecule has 3 nitrogen and oxygen atoms in total. The van der Waals surface area contributed by atoms with E-state index in [0.29, 0.717) is 18.0 Å². The molecule has 1 N–H and O–H groups in total. The predicted molar refractivity (Wildman–Crippen MR) is 49.7 cm³/mol. The number of hydrogen-bond acceptors (Lipinski definition) is 2. The Morgan fingerprint density at radius 2 is 2.17 bits per heavy atom. The normalized spacial score (nSPS) is 9.42. The molecule has 0 unspecified atom stereocenters. The Balaban J connectivity index is 2.75. The first-order valence-electron chi connectivity index (χ1n) is 3.54. The highest BCUT2D eigenvalue weighted by Gasteiger charge is 2.06. The Bertz CT molecular complexity index is 265. The van der Waals surface area contributed by atoms with Crippen molar-refractivity contribution in [2.24, 2.45) is 0 Å². The predicted octanol–water partition coefficient (Wildman–Crippen LogP) is 0.939. The summed E-state index contributed by atoms with van der Waals surface area (Å²) >= 11 is 3.23. The second-order valence-corrected chi connectivity index (χ2v) is 2.93. The largest absolute Gasteiger partial charge is 0.486 e. The van der Waals surface area contributed by atoms with Gasteiger partial charge in [-0.1, -0.05) is 28.1 Å². The number of benzene rings is 1. The van der Waals surface area contributed by atoms with E-state index in [1.165, 1.54) is 0 Å². The third-order valence-electron chi connectivity index (χ3n) is 1.33. The van der Waals surface area contributed by atoms with Gasteiger partial charge in [0.2, 0.25) is 0 Å². The number of alkyl halides is 1. The topological polar surface area (TPSA) is 40.3 Å². The van der Waals surface area contributed by atoms with Crippen LogP contribution in [0.4, 0.5) is 5.69 Å². The van der Waals surface area contributed by atoms with E-state index in [1.54, 1.807) is 18.2 Å². The van der Waals surface area contributed by atoms with Crippen molar-refractivity contribution in [3.05, 3.63) is 29.2 Å². The van der Waals surface area contributed by atoms with Gasteiger partial charge in [-0.15, -0.1) is 0 Å². The highest BCUT2D eigenvalue weighted by atomic mass is 79.9. The molecule has 0 aliphatic heterocycles. The van der Waals surface area contributed by atoms with Crippen LogP contribution in [-0.2, 0) is 0 Å². The molecule has 0 saturated heterocycles. The van der Waals surface area contributed by atoms with Crippen LogP contribution in [0.1, 0.15) is 0 Å². The van der Waals surface area contributed by atoms with Gasteiger partial charge in [-0.25, -0.2) is 0 Å². The standard InChI is InChI=1S/C8H8BrNO2/c9-5-6-12-8-4-2-1-3-7(8)10-11/h1-4H,5-6H2/p+1. The van der Waals surface area contributed by atoms with E-state index in [-0.39, 0.29) is 0 Å². The molecule has 0 heterocycles. The average molecular weight is 231 g/mol. The first-order valence-corrected chi connectivity index (χ1v) is 4.66. The first kappa shape index (κ1) is 9.19. The van der Waals surface area contributed by atoms with Gasteiger partial charge in [0.15, 0.2) is 5.75 Å². The third-order valence-corrected chi connectivity index (χ3v) is 1.66. The fourth-order valence-electron chi connectivity index (χ4n) is 0.825. The average Bonchev–Trinajstić information content (AvgIpc) is 2.15. The second-order valence-electron chi connectivity index (χ2n) is 2.14. The fraction of sp³-hybridized carbons (Fsp3) is 0.250. The zero-order valence-corrected chi connectivity index (χ0v) is 8.00. The lowest BCUT2D eigenvalue weighted by Gasteiger charge is -2.00. The van der Waals surface area contributed by atoms with Crippen molar-refractivity contribution < 1.29 is 9.91 Å². The second kappa shape index (κ2) is 4.87. The molecule has 1 aromatic carbocycles. The first-order chi connectivity index (χ1) is 5.88. The van der Waals surface area contributed by atoms with Crippen LogP contribution < -0.4 is 9.91 Å². The molecule has 0 aliphatic rings. The van der Waals surface area contributed by atoms with Gasteiger partial charge >= 0.3 is 0 Å². The molecule has 12 heavy (non-hydrogen) atoms. The molecule has 1 rings (SSSR count). The van der Waals surface area contributed by atoms with Gasteiger partial charge in [-0.2, -0.15) is 0 Å². The van der Waals surface area contributed by atoms with Gasteiger partial charge in [0, 0.05) is 21.5 Å². The summed E-state index contributed by atoms with van der Waals surface area (Å²) in [4.78, 5) is 10.4. The Kier molecular flexibility index (Phi) is 3.73. The molecule has 0 spiro atoms. The van der Waals surface area contributed by atoms with Crippen LogP contribution in [0.15, 0.2) is 24.3 Å². The van der Waals surface area contributed by atoms with Crippen molar-refractivity contribution in [3.63, 3.8) is 0 Å². The minimum atomic E-state index is 0.471. The summed E-state index contributed by atoms with van der Waals surface area (Å²) in [5.41, 5.74) is 0.471.